The molecule has 0 unspecified atom stereocenters. The lowest BCUT2D eigenvalue weighted by Gasteiger charge is -2.49. The number of anilines is 2. The third-order valence-electron chi connectivity index (χ3n) is 5.74. The molecule has 138 valence electrons. The van der Waals surface area contributed by atoms with E-state index in [9.17, 15) is 5.11 Å². The van der Waals surface area contributed by atoms with E-state index in [1.165, 1.54) is 12.8 Å². The number of nitrogens with two attached hydrogens (primary N) is 1. The fourth-order valence-corrected chi connectivity index (χ4v) is 4.40. The molecule has 0 amide bonds. The van der Waals surface area contributed by atoms with Crippen LogP contribution in [-0.4, -0.2) is 52.2 Å². The summed E-state index contributed by atoms with van der Waals surface area (Å²) in [5.41, 5.74) is 6.90. The molecule has 6 nitrogen and oxygen atoms in total. The van der Waals surface area contributed by atoms with E-state index < -0.39 is 5.60 Å². The third-order valence-corrected chi connectivity index (χ3v) is 5.74. The van der Waals surface area contributed by atoms with Crippen molar-refractivity contribution < 1.29 is 5.11 Å². The fraction of sp³-hybridized carbons (Fsp3) is 0.500. The Balaban J connectivity index is 1.67. The summed E-state index contributed by atoms with van der Waals surface area (Å²) in [6, 6.07) is 12.1. The van der Waals surface area contributed by atoms with Crippen molar-refractivity contribution in [3.63, 3.8) is 0 Å². The van der Waals surface area contributed by atoms with Crippen molar-refractivity contribution in [3.05, 3.63) is 47.7 Å². The van der Waals surface area contributed by atoms with Gasteiger partial charge in [-0.3, -0.25) is 4.90 Å². The Hall–Kier alpha value is -2.18. The maximum atomic E-state index is 11.7. The minimum absolute atomic E-state index is 0.0395. The van der Waals surface area contributed by atoms with Gasteiger partial charge in [-0.05, 0) is 44.8 Å². The molecular weight excluding hydrogens is 326 g/mol. The van der Waals surface area contributed by atoms with Gasteiger partial charge in [0.15, 0.2) is 0 Å². The molecule has 0 saturated carbocycles. The van der Waals surface area contributed by atoms with Crippen LogP contribution in [0.5, 0.6) is 0 Å². The topological polar surface area (TPSA) is 78.5 Å². The largest absolute Gasteiger partial charge is 0.383 e. The van der Waals surface area contributed by atoms with E-state index in [0.29, 0.717) is 12.4 Å². The zero-order chi connectivity index (χ0) is 18.1. The second-order valence-corrected chi connectivity index (χ2v) is 7.47. The summed E-state index contributed by atoms with van der Waals surface area (Å²) in [7, 11) is 0. The SMILES string of the molecule is Cc1cc(N2CC[C@](O)(c3ccccc3)[C@H](N3CCCC3)C2)nc(N)n1. The molecule has 2 aromatic rings. The highest BCUT2D eigenvalue weighted by atomic mass is 16.3. The van der Waals surface area contributed by atoms with E-state index in [4.69, 9.17) is 5.73 Å². The maximum Gasteiger partial charge on any atom is 0.222 e. The van der Waals surface area contributed by atoms with Crippen LogP contribution in [0.25, 0.3) is 0 Å². The average molecular weight is 353 g/mol. The van der Waals surface area contributed by atoms with Gasteiger partial charge in [0.05, 0.1) is 6.04 Å². The number of nitrogens with zero attached hydrogens (tertiary/aromatic N) is 4. The van der Waals surface area contributed by atoms with Gasteiger partial charge in [-0.1, -0.05) is 30.3 Å². The molecule has 3 heterocycles. The molecule has 2 fully saturated rings. The van der Waals surface area contributed by atoms with Crippen LogP contribution < -0.4 is 10.6 Å². The van der Waals surface area contributed by atoms with E-state index in [2.05, 4.69) is 19.8 Å². The van der Waals surface area contributed by atoms with Gasteiger partial charge >= 0.3 is 0 Å². The van der Waals surface area contributed by atoms with E-state index in [-0.39, 0.29) is 6.04 Å². The Morgan fingerprint density at radius 3 is 2.54 bits per heavy atom. The molecule has 1 aromatic carbocycles. The summed E-state index contributed by atoms with van der Waals surface area (Å²) in [5, 5.41) is 11.7. The number of aromatic nitrogens is 2. The first kappa shape index (κ1) is 17.2. The van der Waals surface area contributed by atoms with E-state index >= 15 is 0 Å². The van der Waals surface area contributed by atoms with Gasteiger partial charge in [-0.25, -0.2) is 4.98 Å². The van der Waals surface area contributed by atoms with Crippen LogP contribution in [0.4, 0.5) is 11.8 Å². The summed E-state index contributed by atoms with van der Waals surface area (Å²) in [6.45, 7) is 5.49. The molecule has 3 N–H and O–H groups in total. The van der Waals surface area contributed by atoms with Gasteiger partial charge in [-0.2, -0.15) is 4.98 Å². The Morgan fingerprint density at radius 2 is 1.85 bits per heavy atom. The van der Waals surface area contributed by atoms with E-state index in [1.54, 1.807) is 0 Å². The number of nitrogen functional groups attached to an aromatic ring is 1. The number of hydrogen-bond acceptors (Lipinski definition) is 6. The van der Waals surface area contributed by atoms with Crippen LogP contribution in [0.3, 0.4) is 0 Å². The zero-order valence-corrected chi connectivity index (χ0v) is 15.3. The lowest BCUT2D eigenvalue weighted by atomic mass is 9.79. The maximum absolute atomic E-state index is 11.7. The van der Waals surface area contributed by atoms with Crippen LogP contribution in [0.15, 0.2) is 36.4 Å². The van der Waals surface area contributed by atoms with Crippen molar-refractivity contribution in [2.24, 2.45) is 0 Å². The molecule has 0 radical (unpaired) electrons. The van der Waals surface area contributed by atoms with Crippen LogP contribution >= 0.6 is 0 Å². The van der Waals surface area contributed by atoms with Gasteiger partial charge < -0.3 is 15.7 Å². The van der Waals surface area contributed by atoms with Crippen molar-refractivity contribution in [2.45, 2.75) is 37.8 Å². The Morgan fingerprint density at radius 1 is 1.12 bits per heavy atom. The number of hydrogen-bond donors (Lipinski definition) is 2. The Bertz CT molecular complexity index is 742. The van der Waals surface area contributed by atoms with Crippen LogP contribution in [0.2, 0.25) is 0 Å². The first-order chi connectivity index (χ1) is 12.6. The molecule has 2 atom stereocenters. The zero-order valence-electron chi connectivity index (χ0n) is 15.3. The number of benzene rings is 1. The first-order valence-corrected chi connectivity index (χ1v) is 9.44. The van der Waals surface area contributed by atoms with Crippen molar-refractivity contribution in [1.82, 2.24) is 14.9 Å². The molecule has 26 heavy (non-hydrogen) atoms. The summed E-state index contributed by atoms with van der Waals surface area (Å²) in [6.07, 6.45) is 3.06. The van der Waals surface area contributed by atoms with Gasteiger partial charge in [-0.15, -0.1) is 0 Å². The molecular formula is C20H27N5O. The lowest BCUT2D eigenvalue weighted by Crippen LogP contribution is -2.60. The highest BCUT2D eigenvalue weighted by Gasteiger charge is 2.46. The summed E-state index contributed by atoms with van der Waals surface area (Å²) in [4.78, 5) is 13.3. The predicted octanol–water partition coefficient (Wildman–Crippen LogP) is 1.93. The molecule has 0 aliphatic carbocycles. The standard InChI is InChI=1S/C20H27N5O/c1-15-13-18(23-19(21)22-15)25-12-9-20(26,16-7-3-2-4-8-16)17(14-25)24-10-5-6-11-24/h2-4,7-8,13,17,26H,5-6,9-12,14H2,1H3,(H2,21,22,23)/t17-,20+/m1/s1. The number of rotatable bonds is 3. The van der Waals surface area contributed by atoms with E-state index in [1.807, 2.05) is 43.3 Å². The molecule has 2 aliphatic heterocycles. The van der Waals surface area contributed by atoms with Gasteiger partial charge in [0.25, 0.3) is 0 Å². The molecule has 2 aliphatic rings. The quantitative estimate of drug-likeness (QED) is 0.878. The van der Waals surface area contributed by atoms with Crippen molar-refractivity contribution >= 4 is 11.8 Å². The van der Waals surface area contributed by atoms with Crippen molar-refractivity contribution in [3.8, 4) is 0 Å². The smallest absolute Gasteiger partial charge is 0.222 e. The van der Waals surface area contributed by atoms with E-state index in [0.717, 1.165) is 43.3 Å². The van der Waals surface area contributed by atoms with Crippen LogP contribution in [-0.2, 0) is 5.60 Å². The second-order valence-electron chi connectivity index (χ2n) is 7.47. The number of aryl methyl sites for hydroxylation is 1. The number of likely N-dealkylation sites (tertiary alicyclic amines) is 1. The first-order valence-electron chi connectivity index (χ1n) is 9.44. The lowest BCUT2D eigenvalue weighted by molar-refractivity contribution is -0.0603. The van der Waals surface area contributed by atoms with Crippen molar-refractivity contribution in [1.29, 1.82) is 0 Å². The normalized spacial score (nSPS) is 27.0. The molecule has 4 rings (SSSR count). The highest BCUT2D eigenvalue weighted by molar-refractivity contribution is 5.45. The molecule has 2 saturated heterocycles. The number of piperidine rings is 1. The third kappa shape index (κ3) is 3.15. The molecule has 6 heteroatoms. The average Bonchev–Trinajstić information content (AvgIpc) is 3.16. The van der Waals surface area contributed by atoms with Gasteiger partial charge in [0, 0.05) is 24.8 Å². The van der Waals surface area contributed by atoms with Gasteiger partial charge in [0.1, 0.15) is 11.4 Å². The molecule has 1 aromatic heterocycles. The Labute approximate surface area is 154 Å². The minimum atomic E-state index is -0.838. The number of aliphatic hydroxyl groups is 1. The monoisotopic (exact) mass is 353 g/mol. The fourth-order valence-electron chi connectivity index (χ4n) is 4.40. The van der Waals surface area contributed by atoms with Crippen molar-refractivity contribution in [2.75, 3.05) is 36.8 Å². The second kappa shape index (κ2) is 6.85. The predicted molar refractivity (Wildman–Crippen MR) is 103 cm³/mol. The van der Waals surface area contributed by atoms with Gasteiger partial charge in [0.2, 0.25) is 5.95 Å². The summed E-state index contributed by atoms with van der Waals surface area (Å²) >= 11 is 0. The summed E-state index contributed by atoms with van der Waals surface area (Å²) < 4.78 is 0. The molecule has 0 bridgehead atoms. The van der Waals surface area contributed by atoms with Crippen LogP contribution in [0, 0.1) is 6.92 Å². The summed E-state index contributed by atoms with van der Waals surface area (Å²) in [5.74, 6) is 1.16. The molecule has 0 spiro atoms. The highest BCUT2D eigenvalue weighted by Crippen LogP contribution is 2.38. The minimum Gasteiger partial charge on any atom is -0.383 e. The van der Waals surface area contributed by atoms with Crippen LogP contribution in [0.1, 0.15) is 30.5 Å². The Kier molecular flexibility index (Phi) is 4.54.